The SMILES string of the molecule is Cc1cc(OC(C)C)c(C=O)c2cc[nH]c12. The molecule has 16 heavy (non-hydrogen) atoms. The average Bonchev–Trinajstić information content (AvgIpc) is 2.66. The first-order chi connectivity index (χ1) is 7.63. The molecule has 84 valence electrons. The van der Waals surface area contributed by atoms with Crippen LogP contribution >= 0.6 is 0 Å². The van der Waals surface area contributed by atoms with Crippen molar-refractivity contribution in [2.24, 2.45) is 0 Å². The average molecular weight is 217 g/mol. The summed E-state index contributed by atoms with van der Waals surface area (Å²) >= 11 is 0. The monoisotopic (exact) mass is 217 g/mol. The third kappa shape index (κ3) is 1.69. The third-order valence-electron chi connectivity index (χ3n) is 2.53. The van der Waals surface area contributed by atoms with Gasteiger partial charge >= 0.3 is 0 Å². The van der Waals surface area contributed by atoms with Gasteiger partial charge in [-0.1, -0.05) is 0 Å². The predicted molar refractivity (Wildman–Crippen MR) is 64.2 cm³/mol. The van der Waals surface area contributed by atoms with Gasteiger partial charge in [0.15, 0.2) is 6.29 Å². The van der Waals surface area contributed by atoms with Crippen LogP contribution in [0.4, 0.5) is 0 Å². The van der Waals surface area contributed by atoms with E-state index in [4.69, 9.17) is 4.74 Å². The Morgan fingerprint density at radius 2 is 2.19 bits per heavy atom. The number of aryl methyl sites for hydroxylation is 1. The molecule has 0 unspecified atom stereocenters. The summed E-state index contributed by atoms with van der Waals surface area (Å²) in [4.78, 5) is 14.3. The van der Waals surface area contributed by atoms with Crippen molar-refractivity contribution in [3.05, 3.63) is 29.5 Å². The fourth-order valence-electron chi connectivity index (χ4n) is 1.87. The summed E-state index contributed by atoms with van der Waals surface area (Å²) < 4.78 is 5.65. The van der Waals surface area contributed by atoms with Crippen LogP contribution in [0.25, 0.3) is 10.9 Å². The zero-order valence-electron chi connectivity index (χ0n) is 9.70. The van der Waals surface area contributed by atoms with Crippen LogP contribution in [0.5, 0.6) is 5.75 Å². The quantitative estimate of drug-likeness (QED) is 0.803. The zero-order valence-corrected chi connectivity index (χ0v) is 9.70. The summed E-state index contributed by atoms with van der Waals surface area (Å²) in [5, 5.41) is 0.922. The lowest BCUT2D eigenvalue weighted by Crippen LogP contribution is -2.07. The first-order valence-electron chi connectivity index (χ1n) is 5.36. The molecule has 0 bridgehead atoms. The lowest BCUT2D eigenvalue weighted by atomic mass is 10.1. The van der Waals surface area contributed by atoms with E-state index in [2.05, 4.69) is 4.98 Å². The summed E-state index contributed by atoms with van der Waals surface area (Å²) in [7, 11) is 0. The number of aromatic nitrogens is 1. The molecule has 0 saturated carbocycles. The second-order valence-electron chi connectivity index (χ2n) is 4.16. The van der Waals surface area contributed by atoms with E-state index in [-0.39, 0.29) is 6.10 Å². The molecule has 0 aliphatic rings. The Morgan fingerprint density at radius 3 is 2.81 bits per heavy atom. The predicted octanol–water partition coefficient (Wildman–Crippen LogP) is 3.08. The molecule has 0 aliphatic heterocycles. The molecule has 2 rings (SSSR count). The van der Waals surface area contributed by atoms with Crippen LogP contribution in [0, 0.1) is 6.92 Å². The Hall–Kier alpha value is -1.77. The maximum absolute atomic E-state index is 11.1. The number of ether oxygens (including phenoxy) is 1. The summed E-state index contributed by atoms with van der Waals surface area (Å²) in [6, 6.07) is 3.81. The van der Waals surface area contributed by atoms with Gasteiger partial charge < -0.3 is 9.72 Å². The molecule has 1 aromatic heterocycles. The van der Waals surface area contributed by atoms with E-state index < -0.39 is 0 Å². The molecular weight excluding hydrogens is 202 g/mol. The van der Waals surface area contributed by atoms with Crippen LogP contribution in [-0.4, -0.2) is 17.4 Å². The van der Waals surface area contributed by atoms with Crippen molar-refractivity contribution >= 4 is 17.2 Å². The minimum Gasteiger partial charge on any atom is -0.490 e. The van der Waals surface area contributed by atoms with E-state index in [9.17, 15) is 4.79 Å². The topological polar surface area (TPSA) is 42.1 Å². The third-order valence-corrected chi connectivity index (χ3v) is 2.53. The molecule has 0 fully saturated rings. The number of H-pyrrole nitrogens is 1. The molecule has 0 saturated heterocycles. The number of rotatable bonds is 3. The van der Waals surface area contributed by atoms with E-state index in [1.54, 1.807) is 0 Å². The van der Waals surface area contributed by atoms with E-state index in [1.807, 2.05) is 39.1 Å². The molecule has 1 aromatic carbocycles. The first kappa shape index (κ1) is 10.7. The molecule has 0 amide bonds. The summed E-state index contributed by atoms with van der Waals surface area (Å²) in [5.74, 6) is 0.662. The van der Waals surface area contributed by atoms with Crippen molar-refractivity contribution in [3.8, 4) is 5.75 Å². The fourth-order valence-corrected chi connectivity index (χ4v) is 1.87. The maximum Gasteiger partial charge on any atom is 0.154 e. The number of aromatic amines is 1. The van der Waals surface area contributed by atoms with Gasteiger partial charge in [0.1, 0.15) is 5.75 Å². The number of nitrogens with one attached hydrogen (secondary N) is 1. The Morgan fingerprint density at radius 1 is 1.44 bits per heavy atom. The van der Waals surface area contributed by atoms with Crippen LogP contribution in [0.1, 0.15) is 29.8 Å². The number of fused-ring (bicyclic) bond motifs is 1. The number of carbonyl (C=O) groups is 1. The van der Waals surface area contributed by atoms with Crippen LogP contribution in [-0.2, 0) is 0 Å². The van der Waals surface area contributed by atoms with Gasteiger partial charge in [-0.15, -0.1) is 0 Å². The standard InChI is InChI=1S/C13H15NO2/c1-8(2)16-12-6-9(3)13-10(4-5-14-13)11(12)7-15/h4-8,14H,1-3H3. The molecule has 3 heteroatoms. The molecule has 1 N–H and O–H groups in total. The molecule has 0 radical (unpaired) electrons. The van der Waals surface area contributed by atoms with Crippen LogP contribution in [0.15, 0.2) is 18.3 Å². The van der Waals surface area contributed by atoms with Crippen molar-refractivity contribution in [1.82, 2.24) is 4.98 Å². The van der Waals surface area contributed by atoms with Gasteiger partial charge in [0.05, 0.1) is 11.7 Å². The largest absolute Gasteiger partial charge is 0.490 e. The van der Waals surface area contributed by atoms with Crippen LogP contribution in [0.2, 0.25) is 0 Å². The van der Waals surface area contributed by atoms with Crippen molar-refractivity contribution < 1.29 is 9.53 Å². The lowest BCUT2D eigenvalue weighted by Gasteiger charge is -2.13. The van der Waals surface area contributed by atoms with Crippen molar-refractivity contribution in [1.29, 1.82) is 0 Å². The van der Waals surface area contributed by atoms with Gasteiger partial charge in [0, 0.05) is 17.1 Å². The summed E-state index contributed by atoms with van der Waals surface area (Å²) in [6.07, 6.45) is 2.76. The summed E-state index contributed by atoms with van der Waals surface area (Å²) in [6.45, 7) is 5.90. The van der Waals surface area contributed by atoms with Crippen molar-refractivity contribution in [2.75, 3.05) is 0 Å². The van der Waals surface area contributed by atoms with Gasteiger partial charge in [0.25, 0.3) is 0 Å². The Labute approximate surface area is 94.4 Å². The fraction of sp³-hybridized carbons (Fsp3) is 0.308. The second-order valence-corrected chi connectivity index (χ2v) is 4.16. The van der Waals surface area contributed by atoms with Gasteiger partial charge in [0.2, 0.25) is 0 Å². The minimum atomic E-state index is 0.0643. The Balaban J connectivity index is 2.68. The normalized spacial score (nSPS) is 11.0. The summed E-state index contributed by atoms with van der Waals surface area (Å²) in [5.41, 5.74) is 2.70. The van der Waals surface area contributed by atoms with E-state index in [0.29, 0.717) is 11.3 Å². The molecular formula is C13H15NO2. The van der Waals surface area contributed by atoms with Crippen molar-refractivity contribution in [2.45, 2.75) is 26.9 Å². The van der Waals surface area contributed by atoms with E-state index in [1.165, 1.54) is 0 Å². The number of carbonyl (C=O) groups excluding carboxylic acids is 1. The molecule has 0 atom stereocenters. The van der Waals surface area contributed by atoms with Crippen LogP contribution in [0.3, 0.4) is 0 Å². The number of benzene rings is 1. The number of hydrogen-bond donors (Lipinski definition) is 1. The van der Waals surface area contributed by atoms with Gasteiger partial charge in [-0.25, -0.2) is 0 Å². The maximum atomic E-state index is 11.1. The molecule has 2 aromatic rings. The van der Waals surface area contributed by atoms with Gasteiger partial charge in [-0.05, 0) is 38.5 Å². The number of hydrogen-bond acceptors (Lipinski definition) is 2. The highest BCUT2D eigenvalue weighted by Crippen LogP contribution is 2.29. The molecule has 3 nitrogen and oxygen atoms in total. The number of aldehydes is 1. The van der Waals surface area contributed by atoms with Crippen LogP contribution < -0.4 is 4.74 Å². The Bertz CT molecular complexity index is 526. The van der Waals surface area contributed by atoms with E-state index in [0.717, 1.165) is 22.8 Å². The van der Waals surface area contributed by atoms with Gasteiger partial charge in [-0.3, -0.25) is 4.79 Å². The molecule has 1 heterocycles. The molecule has 0 aliphatic carbocycles. The van der Waals surface area contributed by atoms with E-state index >= 15 is 0 Å². The zero-order chi connectivity index (χ0) is 11.7. The minimum absolute atomic E-state index is 0.0643. The van der Waals surface area contributed by atoms with Gasteiger partial charge in [-0.2, -0.15) is 0 Å². The highest BCUT2D eigenvalue weighted by Gasteiger charge is 2.12. The highest BCUT2D eigenvalue weighted by atomic mass is 16.5. The highest BCUT2D eigenvalue weighted by molar-refractivity contribution is 6.01. The van der Waals surface area contributed by atoms with Crippen molar-refractivity contribution in [3.63, 3.8) is 0 Å². The first-order valence-corrected chi connectivity index (χ1v) is 5.36. The Kier molecular flexibility index (Phi) is 2.69. The molecule has 0 spiro atoms. The second kappa shape index (κ2) is 4.00. The smallest absolute Gasteiger partial charge is 0.154 e. The lowest BCUT2D eigenvalue weighted by molar-refractivity contribution is 0.111.